The summed E-state index contributed by atoms with van der Waals surface area (Å²) in [4.78, 5) is 39.0. The van der Waals surface area contributed by atoms with Crippen LogP contribution in [0.5, 0.6) is 0 Å². The molecular weight excluding hydrogens is 382 g/mol. The highest BCUT2D eigenvalue weighted by molar-refractivity contribution is 5.90. The molecule has 0 aliphatic carbocycles. The van der Waals surface area contributed by atoms with Crippen molar-refractivity contribution in [2.24, 2.45) is 0 Å². The van der Waals surface area contributed by atoms with Gasteiger partial charge in [-0.25, -0.2) is 4.79 Å². The molecule has 0 saturated heterocycles. The Morgan fingerprint density at radius 2 is 1.93 bits per heavy atom. The molecular formula is C23H35N3O4. The van der Waals surface area contributed by atoms with Crippen molar-refractivity contribution in [2.45, 2.75) is 65.1 Å². The lowest BCUT2D eigenvalue weighted by Gasteiger charge is -2.29. The monoisotopic (exact) mass is 417 g/mol. The van der Waals surface area contributed by atoms with Crippen LogP contribution in [-0.2, 0) is 14.3 Å². The molecule has 166 valence electrons. The van der Waals surface area contributed by atoms with E-state index in [0.29, 0.717) is 5.56 Å². The molecule has 7 heteroatoms. The highest BCUT2D eigenvalue weighted by Crippen LogP contribution is 2.22. The van der Waals surface area contributed by atoms with Crippen LogP contribution in [0, 0.1) is 0 Å². The maximum Gasteiger partial charge on any atom is 0.408 e. The minimum atomic E-state index is -0.836. The first-order valence-corrected chi connectivity index (χ1v) is 10.2. The van der Waals surface area contributed by atoms with Gasteiger partial charge in [0.2, 0.25) is 11.8 Å². The Bertz CT molecular complexity index is 755. The summed E-state index contributed by atoms with van der Waals surface area (Å²) < 4.78 is 5.16. The number of hydrogen-bond donors (Lipinski definition) is 2. The molecule has 0 spiro atoms. The number of alkyl carbamates (subject to hydrolysis) is 1. The second-order valence-corrected chi connectivity index (χ2v) is 8.34. The predicted molar refractivity (Wildman–Crippen MR) is 119 cm³/mol. The molecule has 2 N–H and O–H groups in total. The Hall–Kier alpha value is -2.83. The summed E-state index contributed by atoms with van der Waals surface area (Å²) in [5, 5.41) is 5.43. The lowest BCUT2D eigenvalue weighted by Crippen LogP contribution is -2.47. The standard InChI is InChI=1S/C23H35N3O4/c1-8-11-16(3)25-21(28)20(18-13-10-12-17(9-2)14-18)26(7)19(27)15-24-22(29)30-23(4,5)6/h9-10,12-14,16,20H,2,8,11,15H2,1,3-7H3,(H,24,29)(H,25,28). The van der Waals surface area contributed by atoms with E-state index in [1.165, 1.54) is 4.90 Å². The van der Waals surface area contributed by atoms with Crippen LogP contribution in [0.4, 0.5) is 4.79 Å². The molecule has 7 nitrogen and oxygen atoms in total. The van der Waals surface area contributed by atoms with E-state index in [0.717, 1.165) is 18.4 Å². The first kappa shape index (κ1) is 25.2. The molecule has 0 aliphatic heterocycles. The van der Waals surface area contributed by atoms with E-state index in [2.05, 4.69) is 17.2 Å². The third-order valence-corrected chi connectivity index (χ3v) is 4.38. The van der Waals surface area contributed by atoms with E-state index < -0.39 is 23.6 Å². The second-order valence-electron chi connectivity index (χ2n) is 8.34. The van der Waals surface area contributed by atoms with Crippen molar-refractivity contribution in [2.75, 3.05) is 13.6 Å². The van der Waals surface area contributed by atoms with Crippen molar-refractivity contribution in [3.05, 3.63) is 42.0 Å². The zero-order valence-electron chi connectivity index (χ0n) is 19.0. The van der Waals surface area contributed by atoms with Gasteiger partial charge < -0.3 is 20.3 Å². The largest absolute Gasteiger partial charge is 0.444 e. The van der Waals surface area contributed by atoms with Gasteiger partial charge in [0.15, 0.2) is 0 Å². The predicted octanol–water partition coefficient (Wildman–Crippen LogP) is 3.66. The van der Waals surface area contributed by atoms with Crippen LogP contribution in [0.3, 0.4) is 0 Å². The van der Waals surface area contributed by atoms with Crippen LogP contribution < -0.4 is 10.6 Å². The van der Waals surface area contributed by atoms with Crippen LogP contribution in [-0.4, -0.2) is 48.0 Å². The number of benzene rings is 1. The number of ether oxygens (including phenoxy) is 1. The molecule has 0 heterocycles. The highest BCUT2D eigenvalue weighted by Gasteiger charge is 2.30. The molecule has 0 fully saturated rings. The van der Waals surface area contributed by atoms with Gasteiger partial charge in [0, 0.05) is 13.1 Å². The lowest BCUT2D eigenvalue weighted by molar-refractivity contribution is -0.138. The normalized spacial score (nSPS) is 13.0. The molecule has 2 unspecified atom stereocenters. The Kier molecular flexibility index (Phi) is 9.56. The van der Waals surface area contributed by atoms with Gasteiger partial charge in [0.1, 0.15) is 18.2 Å². The summed E-state index contributed by atoms with van der Waals surface area (Å²) in [6.45, 7) is 12.7. The van der Waals surface area contributed by atoms with Crippen molar-refractivity contribution in [3.63, 3.8) is 0 Å². The summed E-state index contributed by atoms with van der Waals surface area (Å²) in [5.74, 6) is -0.682. The smallest absolute Gasteiger partial charge is 0.408 e. The average molecular weight is 418 g/mol. The van der Waals surface area contributed by atoms with Crippen molar-refractivity contribution >= 4 is 24.0 Å². The molecule has 3 amide bonds. The van der Waals surface area contributed by atoms with E-state index in [9.17, 15) is 14.4 Å². The van der Waals surface area contributed by atoms with E-state index in [1.807, 2.05) is 32.0 Å². The van der Waals surface area contributed by atoms with Crippen molar-refractivity contribution in [3.8, 4) is 0 Å². The quantitative estimate of drug-likeness (QED) is 0.642. The fourth-order valence-electron chi connectivity index (χ4n) is 2.96. The maximum absolute atomic E-state index is 13.1. The topological polar surface area (TPSA) is 87.7 Å². The molecule has 0 radical (unpaired) electrons. The SMILES string of the molecule is C=Cc1cccc(C(C(=O)NC(C)CCC)N(C)C(=O)CNC(=O)OC(C)(C)C)c1. The summed E-state index contributed by atoms with van der Waals surface area (Å²) in [7, 11) is 1.55. The molecule has 1 rings (SSSR count). The van der Waals surface area contributed by atoms with E-state index in [-0.39, 0.29) is 18.5 Å². The molecule has 2 atom stereocenters. The van der Waals surface area contributed by atoms with Gasteiger partial charge in [-0.1, -0.05) is 44.2 Å². The Morgan fingerprint density at radius 3 is 2.50 bits per heavy atom. The molecule has 1 aromatic carbocycles. The Morgan fingerprint density at radius 1 is 1.27 bits per heavy atom. The third-order valence-electron chi connectivity index (χ3n) is 4.38. The van der Waals surface area contributed by atoms with Gasteiger partial charge in [-0.2, -0.15) is 0 Å². The number of amides is 3. The van der Waals surface area contributed by atoms with Crippen molar-refractivity contribution < 1.29 is 19.1 Å². The van der Waals surface area contributed by atoms with E-state index in [1.54, 1.807) is 40.0 Å². The number of likely N-dealkylation sites (N-methyl/N-ethyl adjacent to an activating group) is 1. The zero-order chi connectivity index (χ0) is 22.9. The zero-order valence-corrected chi connectivity index (χ0v) is 19.0. The number of hydrogen-bond acceptors (Lipinski definition) is 4. The number of carbonyl (C=O) groups is 3. The lowest BCUT2D eigenvalue weighted by atomic mass is 10.0. The number of nitrogens with zero attached hydrogens (tertiary/aromatic N) is 1. The fourth-order valence-corrected chi connectivity index (χ4v) is 2.96. The van der Waals surface area contributed by atoms with Crippen LogP contribution in [0.1, 0.15) is 64.6 Å². The Balaban J connectivity index is 3.02. The van der Waals surface area contributed by atoms with Gasteiger partial charge >= 0.3 is 6.09 Å². The van der Waals surface area contributed by atoms with Crippen LogP contribution in [0.25, 0.3) is 6.08 Å². The molecule has 30 heavy (non-hydrogen) atoms. The van der Waals surface area contributed by atoms with Crippen LogP contribution in [0.15, 0.2) is 30.8 Å². The summed E-state index contributed by atoms with van der Waals surface area (Å²) in [6, 6.07) is 6.46. The summed E-state index contributed by atoms with van der Waals surface area (Å²) in [6.07, 6.45) is 2.77. The van der Waals surface area contributed by atoms with Gasteiger partial charge in [0.05, 0.1) is 0 Å². The van der Waals surface area contributed by atoms with Gasteiger partial charge in [0.25, 0.3) is 0 Å². The molecule has 0 bridgehead atoms. The minimum Gasteiger partial charge on any atom is -0.444 e. The molecule has 0 aliphatic rings. The average Bonchev–Trinajstić information content (AvgIpc) is 2.65. The number of nitrogens with one attached hydrogen (secondary N) is 2. The van der Waals surface area contributed by atoms with Crippen molar-refractivity contribution in [1.29, 1.82) is 0 Å². The maximum atomic E-state index is 13.1. The first-order chi connectivity index (χ1) is 14.0. The summed E-state index contributed by atoms with van der Waals surface area (Å²) >= 11 is 0. The highest BCUT2D eigenvalue weighted by atomic mass is 16.6. The van der Waals surface area contributed by atoms with Crippen molar-refractivity contribution in [1.82, 2.24) is 15.5 Å². The summed E-state index contributed by atoms with van der Waals surface area (Å²) in [5.41, 5.74) is 0.850. The second kappa shape index (κ2) is 11.4. The number of rotatable bonds is 9. The molecule has 1 aromatic rings. The van der Waals surface area contributed by atoms with Crippen LogP contribution >= 0.6 is 0 Å². The minimum absolute atomic E-state index is 0.0176. The third kappa shape index (κ3) is 8.27. The van der Waals surface area contributed by atoms with E-state index in [4.69, 9.17) is 4.74 Å². The molecule has 0 saturated carbocycles. The van der Waals surface area contributed by atoms with E-state index >= 15 is 0 Å². The Labute approximate surface area is 179 Å². The molecule has 0 aromatic heterocycles. The first-order valence-electron chi connectivity index (χ1n) is 10.2. The van der Waals surface area contributed by atoms with Gasteiger partial charge in [-0.15, -0.1) is 0 Å². The van der Waals surface area contributed by atoms with Gasteiger partial charge in [-0.05, 0) is 51.3 Å². The fraction of sp³-hybridized carbons (Fsp3) is 0.522. The van der Waals surface area contributed by atoms with Crippen LogP contribution in [0.2, 0.25) is 0 Å². The number of carbonyl (C=O) groups excluding carboxylic acids is 3. The van der Waals surface area contributed by atoms with Gasteiger partial charge in [-0.3, -0.25) is 9.59 Å².